The van der Waals surface area contributed by atoms with Crippen LogP contribution in [0.25, 0.3) is 65.7 Å². The van der Waals surface area contributed by atoms with E-state index >= 15 is 0 Å². The van der Waals surface area contributed by atoms with E-state index in [1.807, 2.05) is 83.1 Å². The first kappa shape index (κ1) is 55.4. The molecule has 3 aliphatic rings. The molecule has 12 rings (SSSR count). The Kier molecular flexibility index (Phi) is 21.3. The van der Waals surface area contributed by atoms with Crippen LogP contribution in [0.4, 0.5) is 0 Å². The number of hydrogen-bond acceptors (Lipinski definition) is 0. The van der Waals surface area contributed by atoms with E-state index in [9.17, 15) is 0 Å². The zero-order chi connectivity index (χ0) is 50.9. The minimum absolute atomic E-state index is 1.06. The van der Waals surface area contributed by atoms with E-state index in [1.165, 1.54) is 132 Å². The molecular formula is C69H84. The molecule has 0 radical (unpaired) electrons. The lowest BCUT2D eigenvalue weighted by atomic mass is 9.91. The molecule has 0 nitrogen and oxygen atoms in total. The lowest BCUT2D eigenvalue weighted by Crippen LogP contribution is -1.88. The summed E-state index contributed by atoms with van der Waals surface area (Å²) in [6.07, 6.45) is 3.24. The summed E-state index contributed by atoms with van der Waals surface area (Å²) >= 11 is 0. The molecule has 3 aliphatic carbocycles. The van der Waals surface area contributed by atoms with Crippen LogP contribution < -0.4 is 0 Å². The first-order chi connectivity index (χ1) is 33.7. The molecule has 0 heteroatoms. The summed E-state index contributed by atoms with van der Waals surface area (Å²) in [5.41, 5.74) is 25.8. The van der Waals surface area contributed by atoms with Gasteiger partial charge in [0.1, 0.15) is 0 Å². The normalized spacial score (nSPS) is 10.9. The maximum absolute atomic E-state index is 2.39. The van der Waals surface area contributed by atoms with Gasteiger partial charge in [0, 0.05) is 0 Å². The molecule has 0 amide bonds. The fourth-order valence-corrected chi connectivity index (χ4v) is 10.2. The van der Waals surface area contributed by atoms with E-state index in [0.29, 0.717) is 0 Å². The molecule has 69 heavy (non-hydrogen) atoms. The number of rotatable bonds is 0. The predicted molar refractivity (Wildman–Crippen MR) is 313 cm³/mol. The van der Waals surface area contributed by atoms with Gasteiger partial charge in [-0.25, -0.2) is 0 Å². The van der Waals surface area contributed by atoms with E-state index in [-0.39, 0.29) is 0 Å². The van der Waals surface area contributed by atoms with Crippen LogP contribution in [0, 0.1) is 41.5 Å². The van der Waals surface area contributed by atoms with E-state index < -0.39 is 0 Å². The molecule has 0 aromatic heterocycles. The number of aryl methyl sites for hydroxylation is 6. The lowest BCUT2D eigenvalue weighted by Gasteiger charge is -2.13. The van der Waals surface area contributed by atoms with Crippen molar-refractivity contribution in [3.05, 3.63) is 212 Å². The molecule has 360 valence electrons. The zero-order valence-corrected chi connectivity index (χ0v) is 46.0. The van der Waals surface area contributed by atoms with Crippen LogP contribution in [0.3, 0.4) is 0 Å². The Hall–Kier alpha value is -6.24. The summed E-state index contributed by atoms with van der Waals surface area (Å²) < 4.78 is 0. The highest BCUT2D eigenvalue weighted by Gasteiger charge is 2.25. The van der Waals surface area contributed by atoms with Gasteiger partial charge in [-0.3, -0.25) is 0 Å². The molecule has 0 saturated carbocycles. The number of benzene rings is 9. The van der Waals surface area contributed by atoms with E-state index in [1.54, 1.807) is 0 Å². The van der Waals surface area contributed by atoms with Crippen molar-refractivity contribution >= 4 is 32.3 Å². The summed E-state index contributed by atoms with van der Waals surface area (Å²) in [5, 5.41) is 8.34. The van der Waals surface area contributed by atoms with Crippen molar-refractivity contribution in [2.24, 2.45) is 0 Å². The molecule has 0 spiro atoms. The lowest BCUT2D eigenvalue weighted by molar-refractivity contribution is 1.24. The number of fused-ring (bicyclic) bond motifs is 15. The smallest absolute Gasteiger partial charge is 0.00128 e. The third-order valence-electron chi connectivity index (χ3n) is 12.7. The van der Waals surface area contributed by atoms with Gasteiger partial charge in [-0.1, -0.05) is 245 Å². The molecule has 0 atom stereocenters. The standard InChI is InChI=1S/C23H18.C19H16.C15H14.6C2H6/c1-14-11-16-13-17-12-15(2)19-8-4-6-10-21(19)23(17)22(16)20-9-5-3-7-18(14)20;1-12-7-8-17-14(9-12)11-15-10-13(2)16-5-3-4-6-18(16)19(15)17;1-10-3-5-14-12(7-10)9-13-8-11(2)4-6-15(13)14;6*1-2/h3-12H,13H2,1-2H3;3-10H,11H2,1-2H3;3-8H,9H2,1-2H3;6*1-2H3. The Morgan fingerprint density at radius 3 is 0.826 bits per heavy atom. The molecule has 0 N–H and O–H groups in total. The van der Waals surface area contributed by atoms with E-state index in [0.717, 1.165) is 19.3 Å². The van der Waals surface area contributed by atoms with Crippen LogP contribution in [0.15, 0.2) is 146 Å². The van der Waals surface area contributed by atoms with E-state index in [2.05, 4.69) is 187 Å². The monoisotopic (exact) mass is 913 g/mol. The molecule has 9 aromatic rings. The van der Waals surface area contributed by atoms with Crippen LogP contribution in [0.5, 0.6) is 0 Å². The van der Waals surface area contributed by atoms with Crippen LogP contribution in [0.1, 0.15) is 150 Å². The zero-order valence-electron chi connectivity index (χ0n) is 46.0. The van der Waals surface area contributed by atoms with Gasteiger partial charge >= 0.3 is 0 Å². The second kappa shape index (κ2) is 26.5. The highest BCUT2D eigenvalue weighted by Crippen LogP contribution is 2.47. The molecule has 0 heterocycles. The predicted octanol–water partition coefficient (Wildman–Crippen LogP) is 21.2. The quantitative estimate of drug-likeness (QED) is 0.142. The van der Waals surface area contributed by atoms with Crippen molar-refractivity contribution in [2.45, 2.75) is 144 Å². The Morgan fingerprint density at radius 1 is 0.232 bits per heavy atom. The molecule has 0 saturated heterocycles. The van der Waals surface area contributed by atoms with Gasteiger partial charge in [-0.2, -0.15) is 0 Å². The van der Waals surface area contributed by atoms with Gasteiger partial charge in [-0.15, -0.1) is 0 Å². The Labute approximate surface area is 419 Å². The van der Waals surface area contributed by atoms with Gasteiger partial charge in [0.15, 0.2) is 0 Å². The highest BCUT2D eigenvalue weighted by atomic mass is 14.3. The van der Waals surface area contributed by atoms with Gasteiger partial charge in [-0.05, 0) is 177 Å². The highest BCUT2D eigenvalue weighted by molar-refractivity contribution is 6.11. The third kappa shape index (κ3) is 11.6. The minimum Gasteiger partial charge on any atom is -0.0683 e. The van der Waals surface area contributed by atoms with Crippen LogP contribution in [0.2, 0.25) is 0 Å². The molecule has 0 aliphatic heterocycles. The summed E-state index contributed by atoms with van der Waals surface area (Å²) in [4.78, 5) is 0. The third-order valence-corrected chi connectivity index (χ3v) is 12.7. The molecular weight excluding hydrogens is 829 g/mol. The fraction of sp³-hybridized carbons (Fsp3) is 0.304. The molecule has 0 unspecified atom stereocenters. The molecule has 9 aromatic carbocycles. The van der Waals surface area contributed by atoms with E-state index in [4.69, 9.17) is 0 Å². The molecule has 0 fully saturated rings. The number of hydrogen-bond donors (Lipinski definition) is 0. The summed E-state index contributed by atoms with van der Waals surface area (Å²) in [7, 11) is 0. The maximum Gasteiger partial charge on any atom is -0.00128 e. The first-order valence-electron chi connectivity index (χ1n) is 26.5. The van der Waals surface area contributed by atoms with Crippen molar-refractivity contribution in [3.63, 3.8) is 0 Å². The second-order valence-corrected chi connectivity index (χ2v) is 16.8. The van der Waals surface area contributed by atoms with Crippen molar-refractivity contribution in [3.8, 4) is 33.4 Å². The van der Waals surface area contributed by atoms with Crippen molar-refractivity contribution in [1.29, 1.82) is 0 Å². The fourth-order valence-electron chi connectivity index (χ4n) is 10.2. The first-order valence-corrected chi connectivity index (χ1v) is 26.5. The summed E-state index contributed by atoms with van der Waals surface area (Å²) in [6, 6.07) is 54.0. The van der Waals surface area contributed by atoms with Gasteiger partial charge < -0.3 is 0 Å². The summed E-state index contributed by atoms with van der Waals surface area (Å²) in [6.45, 7) is 37.2. The van der Waals surface area contributed by atoms with Crippen molar-refractivity contribution < 1.29 is 0 Å². The topological polar surface area (TPSA) is 0 Å². The SMILES string of the molecule is CC.CC.CC.CC.CC.CC.Cc1cc2c(c3ccccc13)-c1c(cc(C)c3ccccc13)C2.Cc1ccc2c(c1)Cc1cc(C)c3ccccc3c1-2.Cc1ccc2c(c1)Cc1cc(C)ccc1-2. The molecule has 0 bridgehead atoms. The maximum atomic E-state index is 2.39. The van der Waals surface area contributed by atoms with Crippen LogP contribution >= 0.6 is 0 Å². The second-order valence-electron chi connectivity index (χ2n) is 16.8. The Balaban J connectivity index is 0.000000206. The average Bonchev–Trinajstić information content (AvgIpc) is 4.08. The minimum atomic E-state index is 1.06. The Bertz CT molecular complexity index is 2960. The van der Waals surface area contributed by atoms with Crippen LogP contribution in [-0.4, -0.2) is 0 Å². The van der Waals surface area contributed by atoms with Crippen LogP contribution in [-0.2, 0) is 19.3 Å². The Morgan fingerprint density at radius 2 is 0.478 bits per heavy atom. The summed E-state index contributed by atoms with van der Waals surface area (Å²) in [5.74, 6) is 0. The van der Waals surface area contributed by atoms with Gasteiger partial charge in [0.2, 0.25) is 0 Å². The van der Waals surface area contributed by atoms with Crippen molar-refractivity contribution in [1.82, 2.24) is 0 Å². The van der Waals surface area contributed by atoms with Crippen molar-refractivity contribution in [2.75, 3.05) is 0 Å². The van der Waals surface area contributed by atoms with Gasteiger partial charge in [0.05, 0.1) is 0 Å². The largest absolute Gasteiger partial charge is 0.0683 e. The van der Waals surface area contributed by atoms with Gasteiger partial charge in [0.25, 0.3) is 0 Å². The average molecular weight is 913 g/mol.